The Labute approximate surface area is 207 Å². The van der Waals surface area contributed by atoms with Crippen LogP contribution in [-0.4, -0.2) is 43.8 Å². The molecular weight excluding hydrogens is 479 g/mol. The molecule has 2 aromatic carbocycles. The molecule has 1 aliphatic rings. The molecule has 11 heteroatoms. The first-order valence-corrected chi connectivity index (χ1v) is 11.2. The van der Waals surface area contributed by atoms with Crippen LogP contribution in [0.25, 0.3) is 0 Å². The monoisotopic (exact) mass is 502 g/mol. The number of benzene rings is 2. The minimum atomic E-state index is -0.331. The molecule has 9 nitrogen and oxygen atoms in total. The number of nitrogens with zero attached hydrogens (tertiary/aromatic N) is 4. The number of carbonyl (C=O) groups is 1. The number of aromatic nitrogens is 2. The van der Waals surface area contributed by atoms with Gasteiger partial charge in [-0.3, -0.25) is 9.80 Å². The zero-order valence-corrected chi connectivity index (χ0v) is 20.4. The van der Waals surface area contributed by atoms with Crippen molar-refractivity contribution in [3.63, 3.8) is 0 Å². The van der Waals surface area contributed by atoms with Crippen LogP contribution in [0.2, 0.25) is 10.0 Å². The highest BCUT2D eigenvalue weighted by Crippen LogP contribution is 2.47. The van der Waals surface area contributed by atoms with Gasteiger partial charge in [-0.25, -0.2) is 9.78 Å². The van der Waals surface area contributed by atoms with Crippen molar-refractivity contribution in [1.29, 1.82) is 0 Å². The standard InChI is InChI=1S/C23H24Cl2N6O3/c1-27-22-28-11-14-12-31(20-18(24)16(33-2)10-17(34-3)19(20)25)23(32)30(21(14)29-22)9-8-13-4-6-15(26)7-5-13/h4-7,10-11H,8-9,12,26H2,1-3H3,(H,27,28,29). The van der Waals surface area contributed by atoms with Gasteiger partial charge in [0.15, 0.2) is 0 Å². The lowest BCUT2D eigenvalue weighted by molar-refractivity contribution is 0.250. The third-order valence-electron chi connectivity index (χ3n) is 5.54. The van der Waals surface area contributed by atoms with Crippen LogP contribution in [0, 0.1) is 0 Å². The summed E-state index contributed by atoms with van der Waals surface area (Å²) in [5.41, 5.74) is 8.55. The number of nitrogen functional groups attached to an aromatic ring is 1. The number of rotatable bonds is 7. The van der Waals surface area contributed by atoms with Gasteiger partial charge in [0.1, 0.15) is 27.4 Å². The van der Waals surface area contributed by atoms with Crippen molar-refractivity contribution in [3.05, 3.63) is 57.7 Å². The van der Waals surface area contributed by atoms with Gasteiger partial charge in [0, 0.05) is 37.1 Å². The van der Waals surface area contributed by atoms with Crippen LogP contribution in [0.5, 0.6) is 11.5 Å². The van der Waals surface area contributed by atoms with Gasteiger partial charge in [-0.2, -0.15) is 4.98 Å². The van der Waals surface area contributed by atoms with Crippen LogP contribution in [0.1, 0.15) is 11.1 Å². The Morgan fingerprint density at radius 1 is 1.12 bits per heavy atom. The smallest absolute Gasteiger partial charge is 0.330 e. The number of ether oxygens (including phenoxy) is 2. The van der Waals surface area contributed by atoms with Crippen LogP contribution in [0.3, 0.4) is 0 Å². The summed E-state index contributed by atoms with van der Waals surface area (Å²) < 4.78 is 10.8. The zero-order valence-electron chi connectivity index (χ0n) is 18.9. The molecule has 0 unspecified atom stereocenters. The Morgan fingerprint density at radius 3 is 2.35 bits per heavy atom. The van der Waals surface area contributed by atoms with Crippen molar-refractivity contribution in [2.45, 2.75) is 13.0 Å². The zero-order chi connectivity index (χ0) is 24.4. The second-order valence-corrected chi connectivity index (χ2v) is 8.32. The topological polar surface area (TPSA) is 106 Å². The fourth-order valence-corrected chi connectivity index (χ4v) is 4.45. The van der Waals surface area contributed by atoms with Crippen molar-refractivity contribution in [1.82, 2.24) is 9.97 Å². The molecule has 1 aliphatic heterocycles. The van der Waals surface area contributed by atoms with Gasteiger partial charge in [-0.05, 0) is 24.1 Å². The predicted molar refractivity (Wildman–Crippen MR) is 135 cm³/mol. The summed E-state index contributed by atoms with van der Waals surface area (Å²) in [5.74, 6) is 1.62. The van der Waals surface area contributed by atoms with E-state index < -0.39 is 0 Å². The summed E-state index contributed by atoms with van der Waals surface area (Å²) >= 11 is 13.2. The number of nitrogens with two attached hydrogens (primary N) is 1. The van der Waals surface area contributed by atoms with Crippen molar-refractivity contribution < 1.29 is 14.3 Å². The van der Waals surface area contributed by atoms with Crippen molar-refractivity contribution in [3.8, 4) is 11.5 Å². The number of nitrogens with one attached hydrogen (secondary N) is 1. The van der Waals surface area contributed by atoms with E-state index in [1.807, 2.05) is 24.3 Å². The van der Waals surface area contributed by atoms with E-state index in [-0.39, 0.29) is 22.6 Å². The summed E-state index contributed by atoms with van der Waals surface area (Å²) in [7, 11) is 4.69. The van der Waals surface area contributed by atoms with Crippen LogP contribution < -0.4 is 30.3 Å². The third-order valence-corrected chi connectivity index (χ3v) is 6.27. The lowest BCUT2D eigenvalue weighted by Crippen LogP contribution is -2.49. The van der Waals surface area contributed by atoms with Crippen molar-refractivity contribution in [2.24, 2.45) is 0 Å². The number of urea groups is 1. The van der Waals surface area contributed by atoms with E-state index in [4.69, 9.17) is 38.4 Å². The number of hydrogen-bond donors (Lipinski definition) is 2. The number of methoxy groups -OCH3 is 2. The summed E-state index contributed by atoms with van der Waals surface area (Å²) in [6.07, 6.45) is 2.27. The maximum absolute atomic E-state index is 13.8. The molecule has 2 amide bonds. The van der Waals surface area contributed by atoms with Gasteiger partial charge in [0.25, 0.3) is 0 Å². The first-order valence-electron chi connectivity index (χ1n) is 10.4. The fraction of sp³-hybridized carbons (Fsp3) is 0.261. The van der Waals surface area contributed by atoms with E-state index in [0.717, 1.165) is 11.1 Å². The highest BCUT2D eigenvalue weighted by atomic mass is 35.5. The fourth-order valence-electron chi connectivity index (χ4n) is 3.75. The molecular formula is C23H24Cl2N6O3. The Bertz CT molecular complexity index is 1190. The molecule has 34 heavy (non-hydrogen) atoms. The van der Waals surface area contributed by atoms with Gasteiger partial charge < -0.3 is 20.5 Å². The normalized spacial score (nSPS) is 13.0. The minimum absolute atomic E-state index is 0.173. The number of anilines is 4. The molecule has 0 spiro atoms. The van der Waals surface area contributed by atoms with Crippen molar-refractivity contribution in [2.75, 3.05) is 48.7 Å². The molecule has 3 aromatic rings. The molecule has 0 fully saturated rings. The molecule has 178 valence electrons. The number of fused-ring (bicyclic) bond motifs is 1. The first kappa shape index (κ1) is 23.7. The van der Waals surface area contributed by atoms with E-state index >= 15 is 0 Å². The molecule has 0 saturated heterocycles. The molecule has 1 aromatic heterocycles. The highest BCUT2D eigenvalue weighted by molar-refractivity contribution is 6.42. The van der Waals surface area contributed by atoms with Gasteiger partial charge >= 0.3 is 6.03 Å². The maximum atomic E-state index is 13.8. The second-order valence-electron chi connectivity index (χ2n) is 7.56. The van der Waals surface area contributed by atoms with Crippen LogP contribution >= 0.6 is 23.2 Å². The average Bonchev–Trinajstić information content (AvgIpc) is 2.85. The Morgan fingerprint density at radius 2 is 1.76 bits per heavy atom. The number of amides is 2. The molecule has 0 atom stereocenters. The summed E-state index contributed by atoms with van der Waals surface area (Å²) in [5, 5.41) is 3.33. The molecule has 0 aliphatic carbocycles. The average molecular weight is 503 g/mol. The predicted octanol–water partition coefficient (Wildman–Crippen LogP) is 4.61. The number of carbonyl (C=O) groups excluding carboxylic acids is 1. The SMILES string of the molecule is CNc1ncc2c(n1)N(CCc1ccc(N)cc1)C(=O)N(c1c(Cl)c(OC)cc(OC)c1Cl)C2. The molecule has 4 rings (SSSR count). The van der Waals surface area contributed by atoms with E-state index in [2.05, 4.69) is 15.3 Å². The quantitative estimate of drug-likeness (QED) is 0.454. The van der Waals surface area contributed by atoms with E-state index in [0.29, 0.717) is 47.6 Å². The Kier molecular flexibility index (Phi) is 6.85. The first-order chi connectivity index (χ1) is 16.4. The van der Waals surface area contributed by atoms with E-state index in [1.54, 1.807) is 24.2 Å². The molecule has 0 saturated carbocycles. The molecule has 0 radical (unpaired) electrons. The summed E-state index contributed by atoms with van der Waals surface area (Å²) in [4.78, 5) is 25.8. The number of halogens is 2. The van der Waals surface area contributed by atoms with Gasteiger partial charge in [0.05, 0.1) is 26.5 Å². The summed E-state index contributed by atoms with van der Waals surface area (Å²) in [6, 6.07) is 8.78. The molecule has 2 heterocycles. The van der Waals surface area contributed by atoms with Crippen LogP contribution in [0.4, 0.5) is 27.9 Å². The van der Waals surface area contributed by atoms with Gasteiger partial charge in [-0.15, -0.1) is 0 Å². The van der Waals surface area contributed by atoms with Crippen LogP contribution in [0.15, 0.2) is 36.5 Å². The lowest BCUT2D eigenvalue weighted by Gasteiger charge is -2.37. The largest absolute Gasteiger partial charge is 0.495 e. The Balaban J connectivity index is 1.78. The Hall–Kier alpha value is -3.43. The van der Waals surface area contributed by atoms with E-state index in [9.17, 15) is 4.79 Å². The lowest BCUT2D eigenvalue weighted by atomic mass is 10.1. The molecule has 0 bridgehead atoms. The van der Waals surface area contributed by atoms with E-state index in [1.165, 1.54) is 19.1 Å². The maximum Gasteiger partial charge on any atom is 0.330 e. The van der Waals surface area contributed by atoms with Gasteiger partial charge in [-0.1, -0.05) is 35.3 Å². The minimum Gasteiger partial charge on any atom is -0.495 e. The second kappa shape index (κ2) is 9.82. The summed E-state index contributed by atoms with van der Waals surface area (Å²) in [6.45, 7) is 0.537. The van der Waals surface area contributed by atoms with Crippen molar-refractivity contribution >= 4 is 52.4 Å². The molecule has 3 N–H and O–H groups in total. The highest BCUT2D eigenvalue weighted by Gasteiger charge is 2.36. The third kappa shape index (κ3) is 4.36. The van der Waals surface area contributed by atoms with Gasteiger partial charge in [0.2, 0.25) is 5.95 Å². The number of hydrogen-bond acceptors (Lipinski definition) is 7. The van der Waals surface area contributed by atoms with Crippen LogP contribution in [-0.2, 0) is 13.0 Å².